The molecule has 2 nitrogen and oxygen atoms in total. The zero-order valence-electron chi connectivity index (χ0n) is 5.65. The van der Waals surface area contributed by atoms with Crippen LogP contribution in [0.3, 0.4) is 0 Å². The summed E-state index contributed by atoms with van der Waals surface area (Å²) in [5.41, 5.74) is -0.838. The van der Waals surface area contributed by atoms with Crippen molar-refractivity contribution >= 4 is 6.21 Å². The summed E-state index contributed by atoms with van der Waals surface area (Å²) < 4.78 is 35.4. The Kier molecular flexibility index (Phi) is 3.36. The average Bonchev–Trinajstić information content (AvgIpc) is 1.87. The molecule has 0 aliphatic carbocycles. The fourth-order valence-corrected chi connectivity index (χ4v) is 0.416. The lowest BCUT2D eigenvalue weighted by atomic mass is 10.2. The van der Waals surface area contributed by atoms with E-state index in [0.717, 1.165) is 12.3 Å². The first-order chi connectivity index (χ1) is 5.02. The van der Waals surface area contributed by atoms with Crippen LogP contribution in [0, 0.1) is 0 Å². The number of rotatable bonds is 2. The summed E-state index contributed by atoms with van der Waals surface area (Å²) in [5.74, 6) is 4.72. The molecule has 0 fully saturated rings. The normalized spacial score (nSPS) is 13.9. The highest BCUT2D eigenvalue weighted by Crippen LogP contribution is 2.25. The molecule has 0 bridgehead atoms. The third kappa shape index (κ3) is 3.44. The van der Waals surface area contributed by atoms with Crippen LogP contribution in [0.5, 0.6) is 0 Å². The van der Waals surface area contributed by atoms with Crippen molar-refractivity contribution in [2.75, 3.05) is 0 Å². The molecule has 62 valence electrons. The van der Waals surface area contributed by atoms with Gasteiger partial charge in [0.1, 0.15) is 0 Å². The van der Waals surface area contributed by atoms with E-state index in [2.05, 4.69) is 6.58 Å². The van der Waals surface area contributed by atoms with Gasteiger partial charge in [0.2, 0.25) is 0 Å². The summed E-state index contributed by atoms with van der Waals surface area (Å²) in [6, 6.07) is 0. The Balaban J connectivity index is 4.53. The van der Waals surface area contributed by atoms with E-state index in [1.165, 1.54) is 0 Å². The maximum atomic E-state index is 11.8. The molecule has 11 heavy (non-hydrogen) atoms. The predicted octanol–water partition coefficient (Wildman–Crippen LogP) is -0.314. The van der Waals surface area contributed by atoms with Gasteiger partial charge in [-0.3, -0.25) is 0 Å². The lowest BCUT2D eigenvalue weighted by Crippen LogP contribution is -2.76. The maximum Gasteiger partial charge on any atom is 0.416 e. The van der Waals surface area contributed by atoms with Crippen molar-refractivity contribution in [2.45, 2.75) is 6.18 Å². The van der Waals surface area contributed by atoms with Crippen molar-refractivity contribution in [3.63, 3.8) is 0 Å². The molecule has 0 rings (SSSR count). The van der Waals surface area contributed by atoms with E-state index in [9.17, 15) is 13.2 Å². The van der Waals surface area contributed by atoms with Gasteiger partial charge >= 0.3 is 6.18 Å². The van der Waals surface area contributed by atoms with Crippen LogP contribution < -0.4 is 10.9 Å². The molecule has 0 spiro atoms. The van der Waals surface area contributed by atoms with E-state index >= 15 is 0 Å². The summed E-state index contributed by atoms with van der Waals surface area (Å²) in [6.45, 7) is 3.00. The second kappa shape index (κ2) is 3.80. The predicted molar refractivity (Wildman–Crippen MR) is 35.5 cm³/mol. The molecule has 0 amide bonds. The fraction of sp³-hybridized carbons (Fsp3) is 0.167. The van der Waals surface area contributed by atoms with Gasteiger partial charge in [-0.25, -0.2) is 5.84 Å². The Bertz CT molecular complexity index is 190. The van der Waals surface area contributed by atoms with Gasteiger partial charge in [0.05, 0.1) is 5.57 Å². The molecule has 0 aliphatic rings. The van der Waals surface area contributed by atoms with Gasteiger partial charge in [-0.15, -0.1) is 5.10 Å². The minimum absolute atomic E-state index is 0.716. The Morgan fingerprint density at radius 3 is 2.27 bits per heavy atom. The number of nitrogens with two attached hydrogens (primary N) is 1. The fourth-order valence-electron chi connectivity index (χ4n) is 0.416. The number of nitrogens with one attached hydrogen (secondary N) is 1. The number of hydrazone groups is 1. The standard InChI is InChI=1S/C6H7F3N2/c1-2-5(3-4-11-10)6(7,8)9/h2-4H,1,10H2/p+1/b5-3+,11-4+. The topological polar surface area (TPSA) is 40.0 Å². The summed E-state index contributed by atoms with van der Waals surface area (Å²) in [5, 5.41) is 1.96. The number of hydrogen-bond acceptors (Lipinski definition) is 1. The summed E-state index contributed by atoms with van der Waals surface area (Å²) in [7, 11) is 0. The van der Waals surface area contributed by atoms with Gasteiger partial charge in [-0.2, -0.15) is 13.2 Å². The van der Waals surface area contributed by atoms with Gasteiger partial charge in [0.25, 0.3) is 0 Å². The number of alkyl halides is 3. The minimum Gasteiger partial charge on any atom is -0.213 e. The molecule has 0 atom stereocenters. The largest absolute Gasteiger partial charge is 0.416 e. The van der Waals surface area contributed by atoms with Crippen LogP contribution in [0.1, 0.15) is 0 Å². The van der Waals surface area contributed by atoms with Crippen molar-refractivity contribution in [3.05, 3.63) is 24.3 Å². The lowest BCUT2D eigenvalue weighted by Gasteiger charge is -2.03. The molecular weight excluding hydrogens is 157 g/mol. The van der Waals surface area contributed by atoms with Gasteiger partial charge in [0.15, 0.2) is 6.21 Å². The van der Waals surface area contributed by atoms with Crippen LogP contribution in [-0.4, -0.2) is 12.4 Å². The Labute approximate surface area is 61.9 Å². The van der Waals surface area contributed by atoms with E-state index < -0.39 is 11.7 Å². The van der Waals surface area contributed by atoms with Gasteiger partial charge in [-0.05, 0) is 0 Å². The molecule has 0 saturated carbocycles. The minimum atomic E-state index is -4.37. The lowest BCUT2D eigenvalue weighted by molar-refractivity contribution is -0.463. The second-order valence-electron chi connectivity index (χ2n) is 1.66. The monoisotopic (exact) mass is 165 g/mol. The van der Waals surface area contributed by atoms with E-state index in [4.69, 9.17) is 5.84 Å². The van der Waals surface area contributed by atoms with Gasteiger partial charge in [0, 0.05) is 6.08 Å². The molecule has 0 unspecified atom stereocenters. The van der Waals surface area contributed by atoms with Crippen molar-refractivity contribution < 1.29 is 18.3 Å². The molecule has 0 saturated heterocycles. The molecule has 0 aromatic carbocycles. The molecule has 5 heteroatoms. The Morgan fingerprint density at radius 1 is 1.45 bits per heavy atom. The summed E-state index contributed by atoms with van der Waals surface area (Å²) in [4.78, 5) is 0. The Morgan fingerprint density at radius 2 is 2.00 bits per heavy atom. The van der Waals surface area contributed by atoms with E-state index in [1.807, 2.05) is 5.10 Å². The van der Waals surface area contributed by atoms with Crippen LogP contribution >= 0.6 is 0 Å². The van der Waals surface area contributed by atoms with Crippen molar-refractivity contribution in [1.82, 2.24) is 0 Å². The Hall–Kier alpha value is -1.26. The van der Waals surface area contributed by atoms with Crippen molar-refractivity contribution in [3.8, 4) is 0 Å². The van der Waals surface area contributed by atoms with Crippen LogP contribution in [0.15, 0.2) is 24.3 Å². The van der Waals surface area contributed by atoms with Crippen LogP contribution in [0.25, 0.3) is 0 Å². The highest BCUT2D eigenvalue weighted by molar-refractivity contribution is 5.68. The highest BCUT2D eigenvalue weighted by Gasteiger charge is 2.31. The van der Waals surface area contributed by atoms with Crippen molar-refractivity contribution in [2.24, 2.45) is 5.84 Å². The molecule has 0 aliphatic heterocycles. The second-order valence-corrected chi connectivity index (χ2v) is 1.66. The van der Waals surface area contributed by atoms with Gasteiger partial charge in [-0.1, -0.05) is 12.7 Å². The zero-order chi connectivity index (χ0) is 8.91. The first kappa shape index (κ1) is 9.74. The molecular formula is C6H8F3N2+. The number of halogens is 3. The molecule has 3 N–H and O–H groups in total. The molecule has 0 heterocycles. The third-order valence-corrected chi connectivity index (χ3v) is 0.906. The first-order valence-electron chi connectivity index (χ1n) is 2.71. The van der Waals surface area contributed by atoms with Crippen LogP contribution in [0.2, 0.25) is 0 Å². The van der Waals surface area contributed by atoms with E-state index in [-0.39, 0.29) is 0 Å². The molecule has 0 aromatic heterocycles. The van der Waals surface area contributed by atoms with Gasteiger partial charge < -0.3 is 0 Å². The average molecular weight is 165 g/mol. The number of hydrazine groups is 1. The summed E-state index contributed by atoms with van der Waals surface area (Å²) >= 11 is 0. The molecule has 0 aromatic rings. The third-order valence-electron chi connectivity index (χ3n) is 0.906. The van der Waals surface area contributed by atoms with E-state index in [1.54, 1.807) is 0 Å². The summed E-state index contributed by atoms with van der Waals surface area (Å²) in [6.07, 6.45) is -1.87. The van der Waals surface area contributed by atoms with E-state index in [0.29, 0.717) is 6.08 Å². The number of hydrogen-bond donors (Lipinski definition) is 2. The quantitative estimate of drug-likeness (QED) is 0.250. The maximum absolute atomic E-state index is 11.8. The SMILES string of the molecule is C=C/C(=C\C=[NH+]\N)C(F)(F)F. The molecule has 0 radical (unpaired) electrons. The van der Waals surface area contributed by atoms with Crippen molar-refractivity contribution in [1.29, 1.82) is 0 Å². The zero-order valence-corrected chi connectivity index (χ0v) is 5.65. The van der Waals surface area contributed by atoms with Crippen LogP contribution in [-0.2, 0) is 0 Å². The van der Waals surface area contributed by atoms with Crippen LogP contribution in [0.4, 0.5) is 13.2 Å². The first-order valence-corrected chi connectivity index (χ1v) is 2.71. The highest BCUT2D eigenvalue weighted by atomic mass is 19.4. The number of allylic oxidation sites excluding steroid dienone is 3. The smallest absolute Gasteiger partial charge is 0.213 e.